The van der Waals surface area contributed by atoms with E-state index in [2.05, 4.69) is 12.2 Å². The van der Waals surface area contributed by atoms with Gasteiger partial charge in [-0.15, -0.1) is 11.3 Å². The second-order valence-electron chi connectivity index (χ2n) is 5.47. The summed E-state index contributed by atoms with van der Waals surface area (Å²) in [6.07, 6.45) is 4.05. The van der Waals surface area contributed by atoms with Gasteiger partial charge in [0.15, 0.2) is 6.61 Å². The van der Waals surface area contributed by atoms with Crippen LogP contribution in [0.5, 0.6) is 0 Å². The molecule has 2 heterocycles. The molecule has 0 radical (unpaired) electrons. The van der Waals surface area contributed by atoms with Crippen molar-refractivity contribution in [1.82, 2.24) is 10.2 Å². The summed E-state index contributed by atoms with van der Waals surface area (Å²) in [5, 5.41) is 4.27. The molecule has 23 heavy (non-hydrogen) atoms. The van der Waals surface area contributed by atoms with Crippen molar-refractivity contribution in [2.24, 2.45) is 0 Å². The van der Waals surface area contributed by atoms with E-state index < -0.39 is 5.97 Å². The normalized spacial score (nSPS) is 17.6. The van der Waals surface area contributed by atoms with Crippen LogP contribution in [0.3, 0.4) is 0 Å². The molecular weight excluding hydrogens is 316 g/mol. The van der Waals surface area contributed by atoms with Gasteiger partial charge in [-0.3, -0.25) is 14.4 Å². The Morgan fingerprint density at radius 2 is 2.22 bits per heavy atom. The first-order valence-electron chi connectivity index (χ1n) is 7.88. The van der Waals surface area contributed by atoms with Crippen LogP contribution in [0.15, 0.2) is 17.5 Å². The molecule has 1 aromatic heterocycles. The van der Waals surface area contributed by atoms with Gasteiger partial charge in [0, 0.05) is 12.6 Å². The van der Waals surface area contributed by atoms with Gasteiger partial charge >= 0.3 is 5.97 Å². The van der Waals surface area contributed by atoms with Gasteiger partial charge in [-0.2, -0.15) is 0 Å². The molecule has 1 N–H and O–H groups in total. The monoisotopic (exact) mass is 338 g/mol. The van der Waals surface area contributed by atoms with Crippen molar-refractivity contribution in [3.63, 3.8) is 0 Å². The molecule has 1 aliphatic heterocycles. The molecule has 0 unspecified atom stereocenters. The molecule has 1 atom stereocenters. The third kappa shape index (κ3) is 5.06. The fourth-order valence-corrected chi connectivity index (χ4v) is 3.32. The number of nitrogens with zero attached hydrogens (tertiary/aromatic N) is 1. The van der Waals surface area contributed by atoms with Crippen molar-refractivity contribution >= 4 is 29.1 Å². The molecule has 2 rings (SSSR count). The lowest BCUT2D eigenvalue weighted by Crippen LogP contribution is -2.45. The predicted molar refractivity (Wildman–Crippen MR) is 87.3 cm³/mol. The van der Waals surface area contributed by atoms with Crippen LogP contribution in [-0.2, 0) is 14.3 Å². The average molecular weight is 338 g/mol. The van der Waals surface area contributed by atoms with Gasteiger partial charge in [0.25, 0.3) is 11.8 Å². The summed E-state index contributed by atoms with van der Waals surface area (Å²) in [5.41, 5.74) is 0. The molecule has 6 nitrogen and oxygen atoms in total. The third-order valence-corrected chi connectivity index (χ3v) is 4.78. The van der Waals surface area contributed by atoms with Crippen LogP contribution >= 0.6 is 11.3 Å². The molecule has 0 aliphatic carbocycles. The maximum atomic E-state index is 12.2. The van der Waals surface area contributed by atoms with Crippen molar-refractivity contribution in [2.45, 2.75) is 38.6 Å². The Balaban J connectivity index is 1.71. The highest BCUT2D eigenvalue weighted by Gasteiger charge is 2.25. The quantitative estimate of drug-likeness (QED) is 0.803. The van der Waals surface area contributed by atoms with E-state index in [1.807, 2.05) is 0 Å². The standard InChI is InChI=1S/C16H22N2O4S/c1-2-12-6-3-4-8-18(12)14(19)11-22-15(20)10-17-16(21)13-7-5-9-23-13/h5,7,9,12H,2-4,6,8,10-11H2,1H3,(H,17,21)/t12-/m1/s1. The summed E-state index contributed by atoms with van der Waals surface area (Å²) in [7, 11) is 0. The van der Waals surface area contributed by atoms with Crippen molar-refractivity contribution in [2.75, 3.05) is 19.7 Å². The Morgan fingerprint density at radius 1 is 1.39 bits per heavy atom. The van der Waals surface area contributed by atoms with Gasteiger partial charge < -0.3 is 15.0 Å². The number of piperidine rings is 1. The Hall–Kier alpha value is -1.89. The summed E-state index contributed by atoms with van der Waals surface area (Å²) in [4.78, 5) is 37.8. The number of thiophene rings is 1. The second kappa shape index (κ2) is 8.67. The molecule has 126 valence electrons. The number of amides is 2. The molecular formula is C16H22N2O4S. The highest BCUT2D eigenvalue weighted by Crippen LogP contribution is 2.19. The Morgan fingerprint density at radius 3 is 2.91 bits per heavy atom. The summed E-state index contributed by atoms with van der Waals surface area (Å²) >= 11 is 1.30. The van der Waals surface area contributed by atoms with Crippen LogP contribution in [0.4, 0.5) is 0 Å². The predicted octanol–water partition coefficient (Wildman–Crippen LogP) is 1.81. The minimum Gasteiger partial charge on any atom is -0.454 e. The molecule has 1 aromatic rings. The van der Waals surface area contributed by atoms with E-state index in [4.69, 9.17) is 4.74 Å². The van der Waals surface area contributed by atoms with Crippen LogP contribution < -0.4 is 5.32 Å². The van der Waals surface area contributed by atoms with E-state index in [9.17, 15) is 14.4 Å². The number of rotatable bonds is 6. The lowest BCUT2D eigenvalue weighted by molar-refractivity contribution is -0.152. The van der Waals surface area contributed by atoms with Gasteiger partial charge in [-0.25, -0.2) is 0 Å². The first kappa shape index (κ1) is 17.5. The van der Waals surface area contributed by atoms with Crippen LogP contribution in [0.25, 0.3) is 0 Å². The number of carbonyl (C=O) groups is 3. The van der Waals surface area contributed by atoms with Gasteiger partial charge in [0.05, 0.1) is 4.88 Å². The van der Waals surface area contributed by atoms with Gasteiger partial charge in [-0.1, -0.05) is 13.0 Å². The number of hydrogen-bond acceptors (Lipinski definition) is 5. The largest absolute Gasteiger partial charge is 0.454 e. The van der Waals surface area contributed by atoms with E-state index in [0.29, 0.717) is 4.88 Å². The summed E-state index contributed by atoms with van der Waals surface area (Å²) < 4.78 is 4.98. The summed E-state index contributed by atoms with van der Waals surface area (Å²) in [6.45, 7) is 2.29. The van der Waals surface area contributed by atoms with Crippen molar-refractivity contribution in [1.29, 1.82) is 0 Å². The lowest BCUT2D eigenvalue weighted by Gasteiger charge is -2.35. The SMILES string of the molecule is CC[C@@H]1CCCCN1C(=O)COC(=O)CNC(=O)c1cccs1. The fraction of sp³-hybridized carbons (Fsp3) is 0.562. The van der Waals surface area contributed by atoms with E-state index in [1.165, 1.54) is 11.3 Å². The molecule has 0 aromatic carbocycles. The van der Waals surface area contributed by atoms with E-state index >= 15 is 0 Å². The molecule has 7 heteroatoms. The molecule has 0 bridgehead atoms. The van der Waals surface area contributed by atoms with Crippen molar-refractivity contribution in [3.05, 3.63) is 22.4 Å². The van der Waals surface area contributed by atoms with Crippen LogP contribution in [0.1, 0.15) is 42.3 Å². The minimum absolute atomic E-state index is 0.158. The van der Waals surface area contributed by atoms with Gasteiger partial charge in [-0.05, 0) is 37.1 Å². The Labute approximate surface area is 139 Å². The lowest BCUT2D eigenvalue weighted by atomic mass is 10.00. The van der Waals surface area contributed by atoms with Crippen LogP contribution in [0.2, 0.25) is 0 Å². The number of hydrogen-bond donors (Lipinski definition) is 1. The Bertz CT molecular complexity index is 544. The highest BCUT2D eigenvalue weighted by atomic mass is 32.1. The molecule has 0 spiro atoms. The van der Waals surface area contributed by atoms with E-state index in [1.54, 1.807) is 22.4 Å². The maximum absolute atomic E-state index is 12.2. The fourth-order valence-electron chi connectivity index (χ4n) is 2.68. The third-order valence-electron chi connectivity index (χ3n) is 3.91. The van der Waals surface area contributed by atoms with Gasteiger partial charge in [0.1, 0.15) is 6.54 Å². The minimum atomic E-state index is -0.603. The topological polar surface area (TPSA) is 75.7 Å². The zero-order valence-corrected chi connectivity index (χ0v) is 14.1. The molecule has 0 saturated carbocycles. The maximum Gasteiger partial charge on any atom is 0.325 e. The Kier molecular flexibility index (Phi) is 6.58. The van der Waals surface area contributed by atoms with E-state index in [0.717, 1.165) is 32.2 Å². The van der Waals surface area contributed by atoms with E-state index in [-0.39, 0.29) is 31.0 Å². The number of esters is 1. The zero-order valence-electron chi connectivity index (χ0n) is 13.2. The van der Waals surface area contributed by atoms with Gasteiger partial charge in [0.2, 0.25) is 0 Å². The molecule has 2 amide bonds. The number of ether oxygens (including phenoxy) is 1. The second-order valence-corrected chi connectivity index (χ2v) is 6.41. The zero-order chi connectivity index (χ0) is 16.7. The van der Waals surface area contributed by atoms with Crippen molar-refractivity contribution in [3.8, 4) is 0 Å². The summed E-state index contributed by atoms with van der Waals surface area (Å²) in [5.74, 6) is -1.08. The average Bonchev–Trinajstić information content (AvgIpc) is 3.12. The molecule has 1 saturated heterocycles. The van der Waals surface area contributed by atoms with Crippen molar-refractivity contribution < 1.29 is 19.1 Å². The summed E-state index contributed by atoms with van der Waals surface area (Å²) in [6, 6.07) is 3.68. The molecule has 1 fully saturated rings. The van der Waals surface area contributed by atoms with Crippen LogP contribution in [0, 0.1) is 0 Å². The number of nitrogens with one attached hydrogen (secondary N) is 1. The number of likely N-dealkylation sites (tertiary alicyclic amines) is 1. The first-order chi connectivity index (χ1) is 11.1. The highest BCUT2D eigenvalue weighted by molar-refractivity contribution is 7.12. The number of carbonyl (C=O) groups excluding carboxylic acids is 3. The first-order valence-corrected chi connectivity index (χ1v) is 8.76. The smallest absolute Gasteiger partial charge is 0.325 e. The molecule has 1 aliphatic rings. The van der Waals surface area contributed by atoms with Crippen LogP contribution in [-0.4, -0.2) is 48.4 Å².